The van der Waals surface area contributed by atoms with Gasteiger partial charge in [0.1, 0.15) is 35.2 Å². The van der Waals surface area contributed by atoms with E-state index in [1.165, 1.54) is 15.3 Å². The van der Waals surface area contributed by atoms with Gasteiger partial charge in [-0.2, -0.15) is 9.61 Å². The highest BCUT2D eigenvalue weighted by Gasteiger charge is 2.40. The molecule has 2 aliphatic rings. The molecule has 0 bridgehead atoms. The molecule has 5 rings (SSSR count). The van der Waals surface area contributed by atoms with Crippen LogP contribution in [0.25, 0.3) is 5.65 Å². The van der Waals surface area contributed by atoms with Crippen molar-refractivity contribution in [2.24, 2.45) is 0 Å². The maximum Gasteiger partial charge on any atom is 0.274 e. The number of nitrogens with one attached hydrogen (secondary N) is 3. The molecule has 2 unspecified atom stereocenters. The number of fused-ring (bicyclic) bond motifs is 1. The van der Waals surface area contributed by atoms with Gasteiger partial charge >= 0.3 is 0 Å². The number of aromatic nitrogens is 4. The third kappa shape index (κ3) is 3.39. The van der Waals surface area contributed by atoms with Gasteiger partial charge < -0.3 is 20.5 Å². The summed E-state index contributed by atoms with van der Waals surface area (Å²) in [5.74, 6) is 0.375. The highest BCUT2D eigenvalue weighted by molar-refractivity contribution is 6.00. The number of anilines is 3. The van der Waals surface area contributed by atoms with Crippen LogP contribution in [0.5, 0.6) is 0 Å². The molecule has 2 aliphatic carbocycles. The zero-order chi connectivity index (χ0) is 21.7. The molecule has 3 heterocycles. The molecule has 0 aromatic carbocycles. The van der Waals surface area contributed by atoms with Crippen LogP contribution < -0.4 is 21.5 Å². The summed E-state index contributed by atoms with van der Waals surface area (Å²) >= 11 is 0. The average molecular weight is 429 g/mol. The Hall–Kier alpha value is -3.50. The van der Waals surface area contributed by atoms with Crippen molar-refractivity contribution in [2.45, 2.75) is 43.7 Å². The van der Waals surface area contributed by atoms with E-state index >= 15 is 0 Å². The summed E-state index contributed by atoms with van der Waals surface area (Å²) in [5, 5.41) is 12.8. The van der Waals surface area contributed by atoms with Crippen molar-refractivity contribution >= 4 is 28.9 Å². The molecule has 0 aliphatic heterocycles. The van der Waals surface area contributed by atoms with Gasteiger partial charge in [0.05, 0.1) is 18.3 Å². The average Bonchev–Trinajstić information content (AvgIpc) is 3.32. The molecular weight excluding hydrogens is 408 g/mol. The SMILES string of the molecule is CNc1cc(Nc2cccn(C3C[C@@H]3F)c2=O)nc2c(C(=O)NC3CC[C@@H]3F)cnn12. The second-order valence-corrected chi connectivity index (χ2v) is 7.82. The Morgan fingerprint density at radius 2 is 2.06 bits per heavy atom. The molecule has 3 N–H and O–H groups in total. The number of hydrogen-bond donors (Lipinski definition) is 3. The molecular formula is C20H21F2N7O2. The molecule has 3 aromatic rings. The Labute approximate surface area is 175 Å². The van der Waals surface area contributed by atoms with E-state index in [-0.39, 0.29) is 22.5 Å². The molecule has 9 nitrogen and oxygen atoms in total. The number of carbonyl (C=O) groups excluding carboxylic acids is 1. The fourth-order valence-electron chi connectivity index (χ4n) is 3.68. The number of nitrogens with zero attached hydrogens (tertiary/aromatic N) is 4. The second-order valence-electron chi connectivity index (χ2n) is 7.82. The van der Waals surface area contributed by atoms with Crippen LogP contribution in [0.4, 0.5) is 26.1 Å². The van der Waals surface area contributed by atoms with Crippen LogP contribution in [0.3, 0.4) is 0 Å². The van der Waals surface area contributed by atoms with Gasteiger partial charge in [0.2, 0.25) is 0 Å². The van der Waals surface area contributed by atoms with Crippen LogP contribution in [0.15, 0.2) is 35.4 Å². The van der Waals surface area contributed by atoms with Crippen LogP contribution in [0, 0.1) is 0 Å². The summed E-state index contributed by atoms with van der Waals surface area (Å²) < 4.78 is 29.8. The van der Waals surface area contributed by atoms with E-state index < -0.39 is 30.3 Å². The molecule has 1 amide bonds. The first-order valence-electron chi connectivity index (χ1n) is 10.1. The van der Waals surface area contributed by atoms with Gasteiger partial charge in [-0.3, -0.25) is 9.59 Å². The summed E-state index contributed by atoms with van der Waals surface area (Å²) in [4.78, 5) is 29.8. The van der Waals surface area contributed by atoms with Crippen molar-refractivity contribution in [3.05, 3.63) is 46.5 Å². The third-order valence-corrected chi connectivity index (χ3v) is 5.75. The lowest BCUT2D eigenvalue weighted by molar-refractivity contribution is 0.0826. The molecule has 31 heavy (non-hydrogen) atoms. The van der Waals surface area contributed by atoms with Gasteiger partial charge in [0, 0.05) is 25.7 Å². The topological polar surface area (TPSA) is 105 Å². The van der Waals surface area contributed by atoms with Gasteiger partial charge in [0.15, 0.2) is 5.65 Å². The summed E-state index contributed by atoms with van der Waals surface area (Å²) in [6, 6.07) is 3.94. The van der Waals surface area contributed by atoms with Crippen molar-refractivity contribution in [3.63, 3.8) is 0 Å². The number of alkyl halides is 2. The van der Waals surface area contributed by atoms with E-state index in [0.717, 1.165) is 0 Å². The van der Waals surface area contributed by atoms with Crippen molar-refractivity contribution < 1.29 is 13.6 Å². The molecule has 2 saturated carbocycles. The summed E-state index contributed by atoms with van der Waals surface area (Å²) in [6.07, 6.45) is 2.24. The highest BCUT2D eigenvalue weighted by Crippen LogP contribution is 2.37. The lowest BCUT2D eigenvalue weighted by atomic mass is 9.90. The standard InChI is InChI=1S/C20H21F2N7O2/c1-23-17-8-16(25-14-3-2-6-28(20(14)31)15-7-12(15)22)27-18-10(9-24-29(17)18)19(30)26-13-5-4-11(13)21/h2-3,6,8-9,11-13,15,23H,4-5,7H2,1H3,(H,25,27)(H,26,30)/t11-,12-,13?,15?/m0/s1. The number of hydrogen-bond acceptors (Lipinski definition) is 6. The van der Waals surface area contributed by atoms with E-state index in [1.54, 1.807) is 31.4 Å². The maximum absolute atomic E-state index is 13.6. The first-order chi connectivity index (χ1) is 15.0. The minimum absolute atomic E-state index is 0.197. The van der Waals surface area contributed by atoms with E-state index in [0.29, 0.717) is 30.9 Å². The van der Waals surface area contributed by atoms with Gasteiger partial charge in [-0.15, -0.1) is 0 Å². The van der Waals surface area contributed by atoms with Crippen molar-refractivity contribution in [1.82, 2.24) is 24.5 Å². The summed E-state index contributed by atoms with van der Waals surface area (Å²) in [7, 11) is 1.69. The van der Waals surface area contributed by atoms with Crippen molar-refractivity contribution in [3.8, 4) is 0 Å². The Bertz CT molecular complexity index is 1220. The zero-order valence-corrected chi connectivity index (χ0v) is 16.7. The molecule has 0 saturated heterocycles. The predicted molar refractivity (Wildman–Crippen MR) is 110 cm³/mol. The van der Waals surface area contributed by atoms with Gasteiger partial charge in [-0.25, -0.2) is 13.8 Å². The molecule has 11 heteroatoms. The van der Waals surface area contributed by atoms with Crippen LogP contribution >= 0.6 is 0 Å². The van der Waals surface area contributed by atoms with E-state index in [1.807, 2.05) is 0 Å². The molecule has 0 radical (unpaired) electrons. The Morgan fingerprint density at radius 3 is 2.71 bits per heavy atom. The molecule has 4 atom stereocenters. The number of rotatable bonds is 6. The lowest BCUT2D eigenvalue weighted by Gasteiger charge is -2.30. The van der Waals surface area contributed by atoms with Gasteiger partial charge in [0.25, 0.3) is 11.5 Å². The summed E-state index contributed by atoms with van der Waals surface area (Å²) in [6.45, 7) is 0. The number of carbonyl (C=O) groups is 1. The van der Waals surface area contributed by atoms with Crippen LogP contribution in [0.2, 0.25) is 0 Å². The highest BCUT2D eigenvalue weighted by atomic mass is 19.1. The van der Waals surface area contributed by atoms with Gasteiger partial charge in [-0.05, 0) is 25.0 Å². The number of halogens is 2. The normalized spacial score (nSPS) is 24.5. The Kier molecular flexibility index (Phi) is 4.60. The maximum atomic E-state index is 13.6. The molecule has 162 valence electrons. The predicted octanol–water partition coefficient (Wildman–Crippen LogP) is 2.19. The number of pyridine rings is 1. The fourth-order valence-corrected chi connectivity index (χ4v) is 3.68. The monoisotopic (exact) mass is 429 g/mol. The minimum Gasteiger partial charge on any atom is -0.373 e. The second kappa shape index (κ2) is 7.33. The van der Waals surface area contributed by atoms with Crippen LogP contribution in [0.1, 0.15) is 35.7 Å². The Balaban J connectivity index is 1.48. The minimum atomic E-state index is -1.04. The zero-order valence-electron chi connectivity index (χ0n) is 16.7. The number of amides is 1. The quantitative estimate of drug-likeness (QED) is 0.555. The lowest BCUT2D eigenvalue weighted by Crippen LogP contribution is -2.48. The molecule has 2 fully saturated rings. The summed E-state index contributed by atoms with van der Waals surface area (Å²) in [5.41, 5.74) is 0.332. The fraction of sp³-hybridized carbons (Fsp3) is 0.400. The first kappa shape index (κ1) is 19.5. The van der Waals surface area contributed by atoms with E-state index in [9.17, 15) is 18.4 Å². The third-order valence-electron chi connectivity index (χ3n) is 5.75. The van der Waals surface area contributed by atoms with Crippen molar-refractivity contribution in [2.75, 3.05) is 17.7 Å². The Morgan fingerprint density at radius 1 is 1.26 bits per heavy atom. The largest absolute Gasteiger partial charge is 0.373 e. The van der Waals surface area contributed by atoms with Gasteiger partial charge in [-0.1, -0.05) is 0 Å². The molecule has 3 aromatic heterocycles. The first-order valence-corrected chi connectivity index (χ1v) is 10.1. The molecule has 0 spiro atoms. The van der Waals surface area contributed by atoms with Crippen molar-refractivity contribution in [1.29, 1.82) is 0 Å². The van der Waals surface area contributed by atoms with E-state index in [2.05, 4.69) is 26.0 Å². The smallest absolute Gasteiger partial charge is 0.274 e. The van der Waals surface area contributed by atoms with E-state index in [4.69, 9.17) is 0 Å². The van der Waals surface area contributed by atoms with Crippen LogP contribution in [-0.2, 0) is 0 Å². The van der Waals surface area contributed by atoms with Crippen LogP contribution in [-0.4, -0.2) is 50.5 Å².